The fraction of sp³-hybridized carbons (Fsp3) is 0.722. The third-order valence-corrected chi connectivity index (χ3v) is 6.14. The molecule has 1 aromatic rings. The van der Waals surface area contributed by atoms with E-state index in [0.29, 0.717) is 5.91 Å². The van der Waals surface area contributed by atoms with Crippen LogP contribution in [0.4, 0.5) is 0 Å². The van der Waals surface area contributed by atoms with E-state index in [9.17, 15) is 4.79 Å². The molecule has 1 amide bonds. The molecule has 2 saturated heterocycles. The van der Waals surface area contributed by atoms with Gasteiger partial charge in [-0.3, -0.25) is 9.69 Å². The van der Waals surface area contributed by atoms with Crippen molar-refractivity contribution in [3.63, 3.8) is 0 Å². The number of hydrogen-bond acceptors (Lipinski definition) is 4. The Hall–Kier alpha value is -0.330. The summed E-state index contributed by atoms with van der Waals surface area (Å²) in [5.41, 5.74) is 0. The molecule has 0 aromatic carbocycles. The number of piperidine rings is 1. The monoisotopic (exact) mass is 407 g/mol. The van der Waals surface area contributed by atoms with E-state index in [1.807, 2.05) is 11.3 Å². The van der Waals surface area contributed by atoms with E-state index in [4.69, 9.17) is 0 Å². The molecule has 0 saturated carbocycles. The molecular formula is C18H31Cl2N3OS. The van der Waals surface area contributed by atoms with Gasteiger partial charge in [0.1, 0.15) is 0 Å². The van der Waals surface area contributed by atoms with Gasteiger partial charge in [-0.15, -0.1) is 36.2 Å². The Bertz CT molecular complexity index is 473. The van der Waals surface area contributed by atoms with Gasteiger partial charge in [-0.05, 0) is 56.1 Å². The highest BCUT2D eigenvalue weighted by atomic mass is 35.5. The Kier molecular flexibility index (Phi) is 11.0. The molecule has 0 bridgehead atoms. The first kappa shape index (κ1) is 22.7. The van der Waals surface area contributed by atoms with Gasteiger partial charge in [0.25, 0.3) is 0 Å². The van der Waals surface area contributed by atoms with Crippen molar-refractivity contribution in [1.29, 1.82) is 0 Å². The molecule has 1 N–H and O–H groups in total. The van der Waals surface area contributed by atoms with Crippen LogP contribution in [0.2, 0.25) is 0 Å². The largest absolute Gasteiger partial charge is 0.340 e. The Morgan fingerprint density at radius 1 is 1.16 bits per heavy atom. The first-order chi connectivity index (χ1) is 11.3. The molecule has 0 unspecified atom stereocenters. The van der Waals surface area contributed by atoms with Crippen molar-refractivity contribution in [2.75, 3.05) is 45.8 Å². The Balaban J connectivity index is 0.00000156. The molecule has 3 heterocycles. The number of hydrogen-bond donors (Lipinski definition) is 1. The summed E-state index contributed by atoms with van der Waals surface area (Å²) in [6.45, 7) is 7.26. The van der Waals surface area contributed by atoms with Gasteiger partial charge in [0, 0.05) is 44.0 Å². The Labute approximate surface area is 168 Å². The number of amides is 1. The molecule has 2 aliphatic rings. The number of piperazine rings is 1. The zero-order valence-corrected chi connectivity index (χ0v) is 17.3. The van der Waals surface area contributed by atoms with Gasteiger partial charge >= 0.3 is 0 Å². The predicted molar refractivity (Wildman–Crippen MR) is 110 cm³/mol. The van der Waals surface area contributed by atoms with Crippen LogP contribution in [0.3, 0.4) is 0 Å². The second-order valence-electron chi connectivity index (χ2n) is 6.78. The molecule has 0 atom stereocenters. The van der Waals surface area contributed by atoms with Crippen LogP contribution in [-0.4, -0.2) is 61.5 Å². The van der Waals surface area contributed by atoms with Crippen LogP contribution in [0.25, 0.3) is 0 Å². The van der Waals surface area contributed by atoms with Gasteiger partial charge in [-0.25, -0.2) is 0 Å². The summed E-state index contributed by atoms with van der Waals surface area (Å²) in [6, 6.07) is 4.34. The molecule has 7 heteroatoms. The third-order valence-electron chi connectivity index (χ3n) is 5.20. The minimum Gasteiger partial charge on any atom is -0.340 e. The minimum atomic E-state index is 0. The number of nitrogens with zero attached hydrogens (tertiary/aromatic N) is 2. The maximum absolute atomic E-state index is 12.4. The highest BCUT2D eigenvalue weighted by molar-refractivity contribution is 7.09. The summed E-state index contributed by atoms with van der Waals surface area (Å²) in [4.78, 5) is 18.4. The lowest BCUT2D eigenvalue weighted by Gasteiger charge is -2.35. The van der Waals surface area contributed by atoms with E-state index in [2.05, 4.69) is 32.6 Å². The molecule has 25 heavy (non-hydrogen) atoms. The predicted octanol–water partition coefficient (Wildman–Crippen LogP) is 3.06. The van der Waals surface area contributed by atoms with Crippen molar-refractivity contribution < 1.29 is 4.79 Å². The zero-order chi connectivity index (χ0) is 15.9. The van der Waals surface area contributed by atoms with Gasteiger partial charge in [-0.2, -0.15) is 0 Å². The number of halogens is 2. The fourth-order valence-corrected chi connectivity index (χ4v) is 4.30. The third kappa shape index (κ3) is 7.43. The maximum Gasteiger partial charge on any atom is 0.222 e. The van der Waals surface area contributed by atoms with E-state index in [1.165, 1.54) is 17.7 Å². The number of nitrogens with one attached hydrogen (secondary N) is 1. The van der Waals surface area contributed by atoms with Crippen LogP contribution >= 0.6 is 36.2 Å². The SMILES string of the molecule is Cl.Cl.O=C(CCC1CCNCC1)N1CCN(CCc2cccs2)CC1. The average molecular weight is 408 g/mol. The maximum atomic E-state index is 12.4. The van der Waals surface area contributed by atoms with Crippen molar-refractivity contribution in [3.05, 3.63) is 22.4 Å². The fourth-order valence-electron chi connectivity index (χ4n) is 3.60. The first-order valence-electron chi connectivity index (χ1n) is 9.04. The summed E-state index contributed by atoms with van der Waals surface area (Å²) in [5, 5.41) is 5.54. The normalized spacial score (nSPS) is 19.1. The van der Waals surface area contributed by atoms with Gasteiger partial charge in [0.05, 0.1) is 0 Å². The molecule has 0 radical (unpaired) electrons. The van der Waals surface area contributed by atoms with E-state index < -0.39 is 0 Å². The van der Waals surface area contributed by atoms with E-state index in [1.54, 1.807) is 0 Å². The number of carbonyl (C=O) groups excluding carboxylic acids is 1. The van der Waals surface area contributed by atoms with Crippen LogP contribution in [0, 0.1) is 5.92 Å². The second-order valence-corrected chi connectivity index (χ2v) is 7.82. The Morgan fingerprint density at radius 2 is 1.88 bits per heavy atom. The van der Waals surface area contributed by atoms with E-state index in [0.717, 1.165) is 71.0 Å². The summed E-state index contributed by atoms with van der Waals surface area (Å²) >= 11 is 1.84. The topological polar surface area (TPSA) is 35.6 Å². The number of rotatable bonds is 6. The molecular weight excluding hydrogens is 377 g/mol. The summed E-state index contributed by atoms with van der Waals surface area (Å²) < 4.78 is 0. The van der Waals surface area contributed by atoms with Gasteiger partial charge in [-0.1, -0.05) is 6.07 Å². The second kappa shape index (κ2) is 12.1. The van der Waals surface area contributed by atoms with Crippen molar-refractivity contribution in [2.24, 2.45) is 5.92 Å². The summed E-state index contributed by atoms with van der Waals surface area (Å²) in [7, 11) is 0. The quantitative estimate of drug-likeness (QED) is 0.786. The number of carbonyl (C=O) groups is 1. The lowest BCUT2D eigenvalue weighted by atomic mass is 9.93. The molecule has 144 valence electrons. The highest BCUT2D eigenvalue weighted by Crippen LogP contribution is 2.19. The number of thiophene rings is 1. The van der Waals surface area contributed by atoms with Crippen LogP contribution in [0.5, 0.6) is 0 Å². The van der Waals surface area contributed by atoms with Crippen LogP contribution < -0.4 is 5.32 Å². The summed E-state index contributed by atoms with van der Waals surface area (Å²) in [6.07, 6.45) is 5.45. The molecule has 2 aliphatic heterocycles. The lowest BCUT2D eigenvalue weighted by Crippen LogP contribution is -2.49. The molecule has 0 aliphatic carbocycles. The molecule has 3 rings (SSSR count). The van der Waals surface area contributed by atoms with Gasteiger partial charge < -0.3 is 10.2 Å². The smallest absolute Gasteiger partial charge is 0.222 e. The van der Waals surface area contributed by atoms with Gasteiger partial charge in [0.2, 0.25) is 5.91 Å². The van der Waals surface area contributed by atoms with Crippen molar-refractivity contribution in [3.8, 4) is 0 Å². The van der Waals surface area contributed by atoms with E-state index >= 15 is 0 Å². The average Bonchev–Trinajstić information content (AvgIpc) is 3.13. The first-order valence-corrected chi connectivity index (χ1v) is 9.92. The zero-order valence-electron chi connectivity index (χ0n) is 14.8. The molecule has 1 aromatic heterocycles. The summed E-state index contributed by atoms with van der Waals surface area (Å²) in [5.74, 6) is 1.13. The molecule has 4 nitrogen and oxygen atoms in total. The van der Waals surface area contributed by atoms with Crippen LogP contribution in [0.15, 0.2) is 17.5 Å². The lowest BCUT2D eigenvalue weighted by molar-refractivity contribution is -0.133. The molecule has 2 fully saturated rings. The Morgan fingerprint density at radius 3 is 2.52 bits per heavy atom. The highest BCUT2D eigenvalue weighted by Gasteiger charge is 2.22. The molecule has 0 spiro atoms. The van der Waals surface area contributed by atoms with Crippen LogP contribution in [0.1, 0.15) is 30.6 Å². The minimum absolute atomic E-state index is 0. The van der Waals surface area contributed by atoms with Crippen molar-refractivity contribution >= 4 is 42.1 Å². The van der Waals surface area contributed by atoms with Gasteiger partial charge in [0.15, 0.2) is 0 Å². The van der Waals surface area contributed by atoms with Crippen LogP contribution in [-0.2, 0) is 11.2 Å². The van der Waals surface area contributed by atoms with Crippen molar-refractivity contribution in [2.45, 2.75) is 32.1 Å². The standard InChI is InChI=1S/C18H29N3OS.2ClH/c22-18(4-3-16-5-8-19-9-6-16)21-13-11-20(12-14-21)10-7-17-2-1-15-23-17;;/h1-2,15-16,19H,3-14H2;2*1H. The van der Waals surface area contributed by atoms with Crippen molar-refractivity contribution in [1.82, 2.24) is 15.1 Å². The van der Waals surface area contributed by atoms with E-state index in [-0.39, 0.29) is 24.8 Å².